The second-order valence-corrected chi connectivity index (χ2v) is 4.65. The molecule has 20 heavy (non-hydrogen) atoms. The SMILES string of the molecule is CCOc1ccc(C(=O)C(C)(CC)OC)cc1OCC. The van der Waals surface area contributed by atoms with Crippen LogP contribution < -0.4 is 9.47 Å². The van der Waals surface area contributed by atoms with Crippen LogP contribution in [0, 0.1) is 0 Å². The average molecular weight is 280 g/mol. The largest absolute Gasteiger partial charge is 0.490 e. The number of Topliss-reactive ketones (excluding diaryl/α,β-unsaturated/α-hetero) is 1. The van der Waals surface area contributed by atoms with E-state index in [0.29, 0.717) is 36.7 Å². The maximum absolute atomic E-state index is 12.5. The zero-order valence-corrected chi connectivity index (χ0v) is 13.0. The molecular weight excluding hydrogens is 256 g/mol. The molecule has 0 heterocycles. The number of carbonyl (C=O) groups is 1. The van der Waals surface area contributed by atoms with E-state index < -0.39 is 5.60 Å². The third-order valence-corrected chi connectivity index (χ3v) is 3.41. The summed E-state index contributed by atoms with van der Waals surface area (Å²) < 4.78 is 16.4. The van der Waals surface area contributed by atoms with Crippen LogP contribution in [0.25, 0.3) is 0 Å². The summed E-state index contributed by atoms with van der Waals surface area (Å²) in [6, 6.07) is 5.25. The monoisotopic (exact) mass is 280 g/mol. The van der Waals surface area contributed by atoms with Gasteiger partial charge < -0.3 is 14.2 Å². The van der Waals surface area contributed by atoms with Crippen molar-refractivity contribution in [2.24, 2.45) is 0 Å². The predicted molar refractivity (Wildman–Crippen MR) is 78.8 cm³/mol. The predicted octanol–water partition coefficient (Wildman–Crippen LogP) is 3.48. The van der Waals surface area contributed by atoms with Crippen LogP contribution in [0.2, 0.25) is 0 Å². The molecule has 0 N–H and O–H groups in total. The summed E-state index contributed by atoms with van der Waals surface area (Å²) in [5.74, 6) is 1.20. The lowest BCUT2D eigenvalue weighted by atomic mass is 9.92. The van der Waals surface area contributed by atoms with Gasteiger partial charge in [-0.15, -0.1) is 0 Å². The van der Waals surface area contributed by atoms with Crippen LogP contribution in [0.5, 0.6) is 11.5 Å². The number of benzene rings is 1. The standard InChI is InChI=1S/C16H24O4/c1-6-16(4,18-5)15(17)12-9-10-13(19-7-2)14(11-12)20-8-3/h9-11H,6-8H2,1-5H3. The lowest BCUT2D eigenvalue weighted by Crippen LogP contribution is -2.36. The number of methoxy groups -OCH3 is 1. The van der Waals surface area contributed by atoms with E-state index >= 15 is 0 Å². The van der Waals surface area contributed by atoms with Crippen LogP contribution >= 0.6 is 0 Å². The van der Waals surface area contributed by atoms with Crippen molar-refractivity contribution in [1.29, 1.82) is 0 Å². The maximum atomic E-state index is 12.5. The van der Waals surface area contributed by atoms with Gasteiger partial charge in [0.1, 0.15) is 5.60 Å². The van der Waals surface area contributed by atoms with Crippen molar-refractivity contribution >= 4 is 5.78 Å². The van der Waals surface area contributed by atoms with E-state index in [1.54, 1.807) is 32.2 Å². The maximum Gasteiger partial charge on any atom is 0.194 e. The van der Waals surface area contributed by atoms with E-state index in [-0.39, 0.29) is 5.78 Å². The van der Waals surface area contributed by atoms with Crippen molar-refractivity contribution in [2.45, 2.75) is 39.7 Å². The van der Waals surface area contributed by atoms with Crippen LogP contribution in [-0.2, 0) is 4.74 Å². The van der Waals surface area contributed by atoms with Crippen molar-refractivity contribution in [3.8, 4) is 11.5 Å². The molecule has 1 aromatic rings. The van der Waals surface area contributed by atoms with Gasteiger partial charge >= 0.3 is 0 Å². The number of ketones is 1. The van der Waals surface area contributed by atoms with Gasteiger partial charge in [-0.25, -0.2) is 0 Å². The van der Waals surface area contributed by atoms with E-state index in [4.69, 9.17) is 14.2 Å². The minimum absolute atomic E-state index is 0.0495. The highest BCUT2D eigenvalue weighted by Crippen LogP contribution is 2.31. The number of hydrogen-bond donors (Lipinski definition) is 0. The summed E-state index contributed by atoms with van der Waals surface area (Å²) in [6.45, 7) is 8.61. The van der Waals surface area contributed by atoms with Crippen molar-refractivity contribution in [3.63, 3.8) is 0 Å². The highest BCUT2D eigenvalue weighted by molar-refractivity contribution is 6.02. The van der Waals surface area contributed by atoms with Crippen LogP contribution in [0.3, 0.4) is 0 Å². The first-order chi connectivity index (χ1) is 9.52. The Hall–Kier alpha value is -1.55. The van der Waals surface area contributed by atoms with Crippen molar-refractivity contribution in [3.05, 3.63) is 23.8 Å². The molecule has 0 bridgehead atoms. The van der Waals surface area contributed by atoms with Gasteiger partial charge in [-0.05, 0) is 45.4 Å². The third kappa shape index (κ3) is 3.51. The molecular formula is C16H24O4. The van der Waals surface area contributed by atoms with Gasteiger partial charge in [-0.1, -0.05) is 6.92 Å². The van der Waals surface area contributed by atoms with Gasteiger partial charge in [0, 0.05) is 12.7 Å². The first-order valence-corrected chi connectivity index (χ1v) is 7.02. The van der Waals surface area contributed by atoms with Gasteiger partial charge in [-0.2, -0.15) is 0 Å². The topological polar surface area (TPSA) is 44.8 Å². The van der Waals surface area contributed by atoms with Crippen molar-refractivity contribution < 1.29 is 19.0 Å². The minimum Gasteiger partial charge on any atom is -0.490 e. The van der Waals surface area contributed by atoms with Gasteiger partial charge in [-0.3, -0.25) is 4.79 Å². The molecule has 0 aliphatic heterocycles. The first-order valence-electron chi connectivity index (χ1n) is 7.02. The molecule has 0 radical (unpaired) electrons. The molecule has 0 saturated heterocycles. The molecule has 0 saturated carbocycles. The average Bonchev–Trinajstić information content (AvgIpc) is 2.48. The van der Waals surface area contributed by atoms with Crippen LogP contribution in [-0.4, -0.2) is 31.7 Å². The molecule has 4 nitrogen and oxygen atoms in total. The van der Waals surface area contributed by atoms with Gasteiger partial charge in [0.2, 0.25) is 0 Å². The molecule has 1 aromatic carbocycles. The molecule has 0 amide bonds. The first kappa shape index (κ1) is 16.5. The molecule has 1 rings (SSSR count). The normalized spacial score (nSPS) is 13.7. The van der Waals surface area contributed by atoms with E-state index in [1.165, 1.54) is 0 Å². The van der Waals surface area contributed by atoms with Crippen molar-refractivity contribution in [2.75, 3.05) is 20.3 Å². The fraction of sp³-hybridized carbons (Fsp3) is 0.562. The van der Waals surface area contributed by atoms with E-state index in [9.17, 15) is 4.79 Å². The number of rotatable bonds is 8. The fourth-order valence-electron chi connectivity index (χ4n) is 1.90. The quantitative estimate of drug-likeness (QED) is 0.684. The molecule has 1 unspecified atom stereocenters. The van der Waals surface area contributed by atoms with E-state index in [0.717, 1.165) is 0 Å². The molecule has 4 heteroatoms. The molecule has 0 spiro atoms. The molecule has 0 aliphatic carbocycles. The Morgan fingerprint density at radius 1 is 1.10 bits per heavy atom. The number of ether oxygens (including phenoxy) is 3. The van der Waals surface area contributed by atoms with E-state index in [1.807, 2.05) is 20.8 Å². The van der Waals surface area contributed by atoms with Crippen molar-refractivity contribution in [1.82, 2.24) is 0 Å². The Morgan fingerprint density at radius 2 is 1.70 bits per heavy atom. The Labute approximate surface area is 121 Å². The van der Waals surface area contributed by atoms with Crippen LogP contribution in [0.15, 0.2) is 18.2 Å². The Balaban J connectivity index is 3.13. The second-order valence-electron chi connectivity index (χ2n) is 4.65. The summed E-state index contributed by atoms with van der Waals surface area (Å²) in [5.41, 5.74) is -0.237. The second kappa shape index (κ2) is 7.29. The lowest BCUT2D eigenvalue weighted by Gasteiger charge is -2.25. The van der Waals surface area contributed by atoms with Crippen LogP contribution in [0.1, 0.15) is 44.5 Å². The molecule has 0 fully saturated rings. The highest BCUT2D eigenvalue weighted by atomic mass is 16.5. The molecule has 0 aromatic heterocycles. The zero-order chi connectivity index (χ0) is 15.2. The summed E-state index contributed by atoms with van der Waals surface area (Å²) in [5, 5.41) is 0. The summed E-state index contributed by atoms with van der Waals surface area (Å²) in [4.78, 5) is 12.5. The minimum atomic E-state index is -0.809. The van der Waals surface area contributed by atoms with Crippen LogP contribution in [0.4, 0.5) is 0 Å². The fourth-order valence-corrected chi connectivity index (χ4v) is 1.90. The highest BCUT2D eigenvalue weighted by Gasteiger charge is 2.32. The molecule has 1 atom stereocenters. The number of carbonyl (C=O) groups excluding carboxylic acids is 1. The summed E-state index contributed by atoms with van der Waals surface area (Å²) in [6.07, 6.45) is 0.611. The Kier molecular flexibility index (Phi) is 6.02. The summed E-state index contributed by atoms with van der Waals surface area (Å²) in [7, 11) is 1.55. The molecule has 0 aliphatic rings. The lowest BCUT2D eigenvalue weighted by molar-refractivity contribution is 0.0106. The zero-order valence-electron chi connectivity index (χ0n) is 13.0. The molecule has 112 valence electrons. The van der Waals surface area contributed by atoms with E-state index in [2.05, 4.69) is 0 Å². The summed E-state index contributed by atoms with van der Waals surface area (Å²) >= 11 is 0. The smallest absolute Gasteiger partial charge is 0.194 e. The number of hydrogen-bond acceptors (Lipinski definition) is 4. The third-order valence-electron chi connectivity index (χ3n) is 3.41. The van der Waals surface area contributed by atoms with Gasteiger partial charge in [0.15, 0.2) is 17.3 Å². The van der Waals surface area contributed by atoms with Gasteiger partial charge in [0.05, 0.1) is 13.2 Å². The Bertz CT molecular complexity index is 450. The van der Waals surface area contributed by atoms with Gasteiger partial charge in [0.25, 0.3) is 0 Å². The Morgan fingerprint density at radius 3 is 2.20 bits per heavy atom.